The van der Waals surface area contributed by atoms with Crippen molar-refractivity contribution in [1.82, 2.24) is 10.2 Å². The molecule has 0 aliphatic carbocycles. The summed E-state index contributed by atoms with van der Waals surface area (Å²) in [6.45, 7) is 0. The smallest absolute Gasteiger partial charge is 0.234 e. The van der Waals surface area contributed by atoms with Crippen molar-refractivity contribution in [2.75, 3.05) is 22.1 Å². The first-order valence-corrected chi connectivity index (χ1v) is 11.2. The van der Waals surface area contributed by atoms with E-state index in [4.69, 9.17) is 0 Å². The van der Waals surface area contributed by atoms with Crippen LogP contribution in [0.3, 0.4) is 0 Å². The predicted octanol–water partition coefficient (Wildman–Crippen LogP) is 4.56. The van der Waals surface area contributed by atoms with Crippen LogP contribution in [0.4, 0.5) is 28.9 Å². The Balaban J connectivity index is 1.45. The number of carbonyl (C=O) groups excluding carboxylic acids is 2. The Labute approximate surface area is 185 Å². The number of aromatic nitrogens is 2. The first kappa shape index (κ1) is 23.0. The largest absolute Gasteiger partial charge is 0.323 e. The summed E-state index contributed by atoms with van der Waals surface area (Å²) in [5.74, 6) is -4.23. The second-order valence-electron chi connectivity index (χ2n) is 5.76. The summed E-state index contributed by atoms with van der Waals surface area (Å²) in [5.41, 5.74) is -0.528. The van der Waals surface area contributed by atoms with Gasteiger partial charge in [-0.05, 0) is 24.3 Å². The Morgan fingerprint density at radius 1 is 0.774 bits per heavy atom. The third-order valence-corrected chi connectivity index (χ3v) is 6.64. The molecule has 3 rings (SSSR count). The highest BCUT2D eigenvalue weighted by Gasteiger charge is 2.13. The quantitative estimate of drug-likeness (QED) is 0.357. The van der Waals surface area contributed by atoms with Crippen molar-refractivity contribution >= 4 is 58.0 Å². The highest BCUT2D eigenvalue weighted by molar-refractivity contribution is 8.03. The van der Waals surface area contributed by atoms with Gasteiger partial charge in [-0.3, -0.25) is 9.59 Å². The summed E-state index contributed by atoms with van der Waals surface area (Å²) in [6.07, 6.45) is 0. The normalized spacial score (nSPS) is 10.7. The van der Waals surface area contributed by atoms with Gasteiger partial charge < -0.3 is 10.6 Å². The SMILES string of the molecule is O=C(CSc1nnc(SCC(=O)Nc2cc(F)ccc2F)s1)Nc1cc(F)ccc1F. The molecule has 162 valence electrons. The minimum Gasteiger partial charge on any atom is -0.323 e. The summed E-state index contributed by atoms with van der Waals surface area (Å²) >= 11 is 3.18. The molecule has 31 heavy (non-hydrogen) atoms. The van der Waals surface area contributed by atoms with Gasteiger partial charge in [-0.25, -0.2) is 17.6 Å². The van der Waals surface area contributed by atoms with Crippen molar-refractivity contribution in [3.8, 4) is 0 Å². The second-order valence-corrected chi connectivity index (χ2v) is 9.18. The van der Waals surface area contributed by atoms with Crippen molar-refractivity contribution in [3.05, 3.63) is 59.7 Å². The summed E-state index contributed by atoms with van der Waals surface area (Å²) in [7, 11) is 0. The highest BCUT2D eigenvalue weighted by Crippen LogP contribution is 2.29. The molecule has 0 aliphatic rings. The van der Waals surface area contributed by atoms with Crippen molar-refractivity contribution in [3.63, 3.8) is 0 Å². The summed E-state index contributed by atoms with van der Waals surface area (Å²) < 4.78 is 54.2. The third kappa shape index (κ3) is 6.94. The Morgan fingerprint density at radius 3 is 1.61 bits per heavy atom. The third-order valence-electron chi connectivity index (χ3n) is 3.45. The molecule has 2 N–H and O–H groups in total. The molecule has 0 aliphatic heterocycles. The lowest BCUT2D eigenvalue weighted by molar-refractivity contribution is -0.114. The van der Waals surface area contributed by atoms with E-state index in [1.807, 2.05) is 0 Å². The standard InChI is InChI=1S/C18H12F4N4O2S3/c19-9-1-3-11(21)13(5-9)23-15(27)7-29-17-25-26-18(31-17)30-8-16(28)24-14-6-10(20)2-4-12(14)22/h1-6H,7-8H2,(H,23,27)(H,24,28). The predicted molar refractivity (Wildman–Crippen MR) is 111 cm³/mol. The molecule has 0 bridgehead atoms. The Morgan fingerprint density at radius 2 is 1.19 bits per heavy atom. The molecular weight excluding hydrogens is 476 g/mol. The number of hydrogen-bond donors (Lipinski definition) is 2. The van der Waals surface area contributed by atoms with Crippen molar-refractivity contribution in [1.29, 1.82) is 0 Å². The number of hydrogen-bond acceptors (Lipinski definition) is 7. The van der Waals surface area contributed by atoms with Crippen LogP contribution in [0.5, 0.6) is 0 Å². The van der Waals surface area contributed by atoms with Gasteiger partial charge in [0.05, 0.1) is 22.9 Å². The van der Waals surface area contributed by atoms with E-state index in [2.05, 4.69) is 20.8 Å². The maximum atomic E-state index is 13.5. The lowest BCUT2D eigenvalue weighted by Gasteiger charge is -2.05. The number of thioether (sulfide) groups is 2. The van der Waals surface area contributed by atoms with Gasteiger partial charge in [0, 0.05) is 12.1 Å². The maximum absolute atomic E-state index is 13.5. The Kier molecular flexibility index (Phi) is 7.87. The highest BCUT2D eigenvalue weighted by atomic mass is 32.2. The molecule has 1 aromatic heterocycles. The van der Waals surface area contributed by atoms with Crippen LogP contribution < -0.4 is 10.6 Å². The van der Waals surface area contributed by atoms with Crippen LogP contribution in [-0.4, -0.2) is 33.5 Å². The molecule has 13 heteroatoms. The zero-order chi connectivity index (χ0) is 22.4. The molecule has 1 heterocycles. The van der Waals surface area contributed by atoms with Crippen LogP contribution >= 0.6 is 34.9 Å². The Hall–Kier alpha value is -2.64. The van der Waals surface area contributed by atoms with Crippen molar-refractivity contribution < 1.29 is 27.2 Å². The van der Waals surface area contributed by atoms with Crippen LogP contribution in [0.15, 0.2) is 45.1 Å². The number of rotatable bonds is 8. The van der Waals surface area contributed by atoms with Gasteiger partial charge in [0.15, 0.2) is 8.68 Å². The summed E-state index contributed by atoms with van der Waals surface area (Å²) in [4.78, 5) is 23.8. The molecule has 0 spiro atoms. The molecule has 3 aromatic rings. The van der Waals surface area contributed by atoms with Gasteiger partial charge in [-0.1, -0.05) is 34.9 Å². The van der Waals surface area contributed by atoms with Crippen LogP contribution in [0.1, 0.15) is 0 Å². The molecule has 0 saturated heterocycles. The molecule has 6 nitrogen and oxygen atoms in total. The lowest BCUT2D eigenvalue weighted by atomic mass is 10.3. The van der Waals surface area contributed by atoms with E-state index in [1.54, 1.807) is 0 Å². The number of halogens is 4. The van der Waals surface area contributed by atoms with E-state index in [-0.39, 0.29) is 22.9 Å². The van der Waals surface area contributed by atoms with Gasteiger partial charge >= 0.3 is 0 Å². The number of carbonyl (C=O) groups is 2. The molecule has 0 unspecified atom stereocenters. The van der Waals surface area contributed by atoms with Gasteiger partial charge in [0.2, 0.25) is 11.8 Å². The monoisotopic (exact) mass is 488 g/mol. The average molecular weight is 489 g/mol. The van der Waals surface area contributed by atoms with Crippen LogP contribution in [-0.2, 0) is 9.59 Å². The molecule has 0 fully saturated rings. The molecular formula is C18H12F4N4O2S3. The minimum atomic E-state index is -0.759. The second kappa shape index (κ2) is 10.6. The fourth-order valence-corrected chi connectivity index (χ4v) is 4.75. The zero-order valence-electron chi connectivity index (χ0n) is 15.3. The first-order valence-electron chi connectivity index (χ1n) is 8.39. The van der Waals surface area contributed by atoms with Gasteiger partial charge in [0.25, 0.3) is 0 Å². The van der Waals surface area contributed by atoms with Crippen LogP contribution in [0, 0.1) is 23.3 Å². The average Bonchev–Trinajstić information content (AvgIpc) is 3.18. The minimum absolute atomic E-state index is 0.116. The van der Waals surface area contributed by atoms with E-state index in [1.165, 1.54) is 0 Å². The van der Waals surface area contributed by atoms with Gasteiger partial charge in [0.1, 0.15) is 23.3 Å². The van der Waals surface area contributed by atoms with E-state index in [9.17, 15) is 27.2 Å². The number of nitrogens with zero attached hydrogens (tertiary/aromatic N) is 2. The molecule has 2 amide bonds. The number of amides is 2. The topological polar surface area (TPSA) is 84.0 Å². The van der Waals surface area contributed by atoms with Crippen LogP contribution in [0.2, 0.25) is 0 Å². The fraction of sp³-hybridized carbons (Fsp3) is 0.111. The zero-order valence-corrected chi connectivity index (χ0v) is 17.8. The van der Waals surface area contributed by atoms with E-state index >= 15 is 0 Å². The number of benzene rings is 2. The molecule has 0 radical (unpaired) electrons. The van der Waals surface area contributed by atoms with Crippen molar-refractivity contribution in [2.24, 2.45) is 0 Å². The van der Waals surface area contributed by atoms with Crippen LogP contribution in [0.25, 0.3) is 0 Å². The van der Waals surface area contributed by atoms with Gasteiger partial charge in [-0.15, -0.1) is 10.2 Å². The van der Waals surface area contributed by atoms with E-state index in [0.29, 0.717) is 8.68 Å². The molecule has 0 saturated carbocycles. The number of anilines is 2. The first-order chi connectivity index (χ1) is 14.8. The summed E-state index contributed by atoms with van der Waals surface area (Å²) in [5, 5.41) is 12.3. The fourth-order valence-electron chi connectivity index (χ4n) is 2.13. The van der Waals surface area contributed by atoms with Gasteiger partial charge in [-0.2, -0.15) is 0 Å². The summed E-state index contributed by atoms with van der Waals surface area (Å²) in [6, 6.07) is 5.44. The molecule has 2 aromatic carbocycles. The van der Waals surface area contributed by atoms with Crippen molar-refractivity contribution in [2.45, 2.75) is 8.68 Å². The Bertz CT molecular complexity index is 1030. The van der Waals surface area contributed by atoms with E-state index in [0.717, 1.165) is 71.3 Å². The van der Waals surface area contributed by atoms with E-state index < -0.39 is 35.1 Å². The molecule has 0 atom stereocenters. The maximum Gasteiger partial charge on any atom is 0.234 e. The lowest BCUT2D eigenvalue weighted by Crippen LogP contribution is -2.15. The number of nitrogens with one attached hydrogen (secondary N) is 2.